The summed E-state index contributed by atoms with van der Waals surface area (Å²) in [6.07, 6.45) is 7.95. The van der Waals surface area contributed by atoms with Crippen LogP contribution < -0.4 is 10.6 Å². The molecule has 2 nitrogen and oxygen atoms in total. The van der Waals surface area contributed by atoms with Crippen molar-refractivity contribution >= 4 is 0 Å². The average molecular weight is 391 g/mol. The first-order valence-corrected chi connectivity index (χ1v) is 12.3. The third kappa shape index (κ3) is 3.94. The van der Waals surface area contributed by atoms with Crippen LogP contribution >= 0.6 is 0 Å². The molecule has 2 N–H and O–H groups in total. The van der Waals surface area contributed by atoms with Crippen LogP contribution in [0.1, 0.15) is 108 Å². The summed E-state index contributed by atoms with van der Waals surface area (Å²) in [6.45, 7) is 24.7. The van der Waals surface area contributed by atoms with Crippen LogP contribution in [0.15, 0.2) is 0 Å². The zero-order chi connectivity index (χ0) is 21.1. The third-order valence-electron chi connectivity index (χ3n) is 9.06. The van der Waals surface area contributed by atoms with E-state index in [1.165, 1.54) is 38.5 Å². The van der Waals surface area contributed by atoms with Crippen molar-refractivity contribution in [3.8, 4) is 0 Å². The van der Waals surface area contributed by atoms with Crippen molar-refractivity contribution in [3.63, 3.8) is 0 Å². The molecule has 2 heteroatoms. The van der Waals surface area contributed by atoms with E-state index in [0.717, 1.165) is 17.9 Å². The van der Waals surface area contributed by atoms with Crippen molar-refractivity contribution in [1.29, 1.82) is 0 Å². The Balaban J connectivity index is 2.04. The van der Waals surface area contributed by atoms with Crippen LogP contribution in [0.25, 0.3) is 0 Å². The van der Waals surface area contributed by atoms with Crippen molar-refractivity contribution in [2.24, 2.45) is 33.5 Å². The minimum absolute atomic E-state index is 0.367. The summed E-state index contributed by atoms with van der Waals surface area (Å²) in [6, 6.07) is 2.68. The normalized spacial score (nSPS) is 46.5. The zero-order valence-corrected chi connectivity index (χ0v) is 20.7. The van der Waals surface area contributed by atoms with Gasteiger partial charge in [-0.25, -0.2) is 0 Å². The van der Waals surface area contributed by atoms with Crippen LogP contribution in [0.2, 0.25) is 0 Å². The highest BCUT2D eigenvalue weighted by Gasteiger charge is 2.63. The largest absolute Gasteiger partial charge is 0.310 e. The van der Waals surface area contributed by atoms with Gasteiger partial charge in [-0.05, 0) is 72.0 Å². The van der Waals surface area contributed by atoms with Gasteiger partial charge in [0.15, 0.2) is 0 Å². The van der Waals surface area contributed by atoms with Crippen molar-refractivity contribution in [2.45, 2.75) is 132 Å². The molecule has 3 fully saturated rings. The van der Waals surface area contributed by atoms with Crippen LogP contribution in [-0.2, 0) is 0 Å². The molecule has 0 aromatic heterocycles. The van der Waals surface area contributed by atoms with E-state index in [4.69, 9.17) is 0 Å². The quantitative estimate of drug-likeness (QED) is 0.580. The van der Waals surface area contributed by atoms with E-state index in [1.54, 1.807) is 0 Å². The van der Waals surface area contributed by atoms with Gasteiger partial charge < -0.3 is 10.6 Å². The number of hydrogen-bond donors (Lipinski definition) is 2. The molecule has 28 heavy (non-hydrogen) atoms. The maximum Gasteiger partial charge on any atom is 0.0170 e. The second kappa shape index (κ2) is 7.26. The van der Waals surface area contributed by atoms with E-state index < -0.39 is 0 Å². The van der Waals surface area contributed by atoms with Crippen molar-refractivity contribution < 1.29 is 0 Å². The Morgan fingerprint density at radius 1 is 0.857 bits per heavy atom. The summed E-state index contributed by atoms with van der Waals surface area (Å²) in [4.78, 5) is 0. The highest BCUT2D eigenvalue weighted by Crippen LogP contribution is 2.59. The third-order valence-corrected chi connectivity index (χ3v) is 9.06. The molecule has 3 aliphatic heterocycles. The summed E-state index contributed by atoms with van der Waals surface area (Å²) in [5.74, 6) is 1.59. The number of fused-ring (bicyclic) bond motifs is 5. The lowest BCUT2D eigenvalue weighted by molar-refractivity contribution is -0.0269. The fourth-order valence-corrected chi connectivity index (χ4v) is 7.30. The van der Waals surface area contributed by atoms with E-state index in [2.05, 4.69) is 79.9 Å². The van der Waals surface area contributed by atoms with Gasteiger partial charge in [-0.1, -0.05) is 69.2 Å². The Morgan fingerprint density at radius 3 is 1.96 bits per heavy atom. The molecule has 0 aromatic carbocycles. The Morgan fingerprint density at radius 2 is 1.46 bits per heavy atom. The van der Waals surface area contributed by atoms with Crippen LogP contribution in [0, 0.1) is 33.5 Å². The molecule has 0 aromatic rings. The predicted octanol–water partition coefficient (Wildman–Crippen LogP) is 6.40. The van der Waals surface area contributed by atoms with Gasteiger partial charge in [0.2, 0.25) is 0 Å². The molecule has 8 atom stereocenters. The van der Waals surface area contributed by atoms with E-state index in [0.29, 0.717) is 39.8 Å². The summed E-state index contributed by atoms with van der Waals surface area (Å²) < 4.78 is 0. The van der Waals surface area contributed by atoms with Crippen LogP contribution in [-0.4, -0.2) is 24.2 Å². The van der Waals surface area contributed by atoms with Gasteiger partial charge in [0.05, 0.1) is 0 Å². The fourth-order valence-electron chi connectivity index (χ4n) is 7.30. The second-order valence-electron chi connectivity index (χ2n) is 13.6. The van der Waals surface area contributed by atoms with E-state index in [-0.39, 0.29) is 0 Å². The van der Waals surface area contributed by atoms with Crippen LogP contribution in [0.3, 0.4) is 0 Å². The standard InChI is InChI=1S/C26H50N2/c1-11-25(9)14-13-17-21-20(22(25)28-17)18(15-23(3,4)5)27-19(16-24(6,7)8)26(21,10)12-2/h17-22,27-28H,11-16H2,1-10H3. The Hall–Kier alpha value is -0.0800. The van der Waals surface area contributed by atoms with Gasteiger partial charge in [0.25, 0.3) is 0 Å². The molecule has 0 spiro atoms. The first kappa shape index (κ1) is 22.6. The van der Waals surface area contributed by atoms with Gasteiger partial charge in [-0.15, -0.1) is 0 Å². The smallest absolute Gasteiger partial charge is 0.0170 e. The van der Waals surface area contributed by atoms with Gasteiger partial charge in [-0.3, -0.25) is 0 Å². The van der Waals surface area contributed by atoms with Crippen LogP contribution in [0.5, 0.6) is 0 Å². The molecule has 164 valence electrons. The maximum atomic E-state index is 4.31. The zero-order valence-electron chi connectivity index (χ0n) is 20.7. The summed E-state index contributed by atoms with van der Waals surface area (Å²) in [7, 11) is 0. The lowest BCUT2D eigenvalue weighted by Crippen LogP contribution is -2.64. The molecule has 3 heterocycles. The molecule has 3 aliphatic rings. The van der Waals surface area contributed by atoms with Crippen molar-refractivity contribution in [3.05, 3.63) is 0 Å². The van der Waals surface area contributed by atoms with Gasteiger partial charge >= 0.3 is 0 Å². The lowest BCUT2D eigenvalue weighted by atomic mass is 9.55. The van der Waals surface area contributed by atoms with E-state index in [1.807, 2.05) is 0 Å². The molecular weight excluding hydrogens is 340 g/mol. The monoisotopic (exact) mass is 390 g/mol. The fraction of sp³-hybridized carbons (Fsp3) is 1.00. The minimum Gasteiger partial charge on any atom is -0.310 e. The molecule has 8 unspecified atom stereocenters. The summed E-state index contributed by atoms with van der Waals surface area (Å²) >= 11 is 0. The molecule has 3 saturated heterocycles. The molecule has 0 aliphatic carbocycles. The maximum absolute atomic E-state index is 4.31. The molecule has 2 bridgehead atoms. The Kier molecular flexibility index (Phi) is 5.86. The summed E-state index contributed by atoms with van der Waals surface area (Å²) in [5, 5.41) is 8.54. The van der Waals surface area contributed by atoms with E-state index in [9.17, 15) is 0 Å². The predicted molar refractivity (Wildman–Crippen MR) is 123 cm³/mol. The van der Waals surface area contributed by atoms with Gasteiger partial charge in [-0.2, -0.15) is 0 Å². The molecular formula is C26H50N2. The molecule has 0 radical (unpaired) electrons. The number of rotatable bonds is 4. The Labute approximate surface area is 176 Å². The van der Waals surface area contributed by atoms with Gasteiger partial charge in [0.1, 0.15) is 0 Å². The highest BCUT2D eigenvalue weighted by molar-refractivity contribution is 5.19. The number of nitrogens with one attached hydrogen (secondary N) is 2. The SMILES string of the molecule is CCC1(C)CCC2NC1C1C(CC(C)(C)C)NC(CC(C)(C)C)C(C)(CC)C21. The second-order valence-corrected chi connectivity index (χ2v) is 13.6. The molecule has 0 saturated carbocycles. The van der Waals surface area contributed by atoms with Crippen molar-refractivity contribution in [2.75, 3.05) is 0 Å². The first-order valence-electron chi connectivity index (χ1n) is 12.3. The first-order chi connectivity index (χ1) is 12.7. The number of piperidine rings is 2. The lowest BCUT2D eigenvalue weighted by Gasteiger charge is -2.56. The average Bonchev–Trinajstić information content (AvgIpc) is 2.90. The molecule has 3 rings (SSSR count). The van der Waals surface area contributed by atoms with Crippen LogP contribution in [0.4, 0.5) is 0 Å². The van der Waals surface area contributed by atoms with Crippen molar-refractivity contribution in [1.82, 2.24) is 10.6 Å². The molecule has 0 amide bonds. The summed E-state index contributed by atoms with van der Waals surface area (Å²) in [5.41, 5.74) is 1.58. The number of hydrogen-bond acceptors (Lipinski definition) is 2. The topological polar surface area (TPSA) is 24.1 Å². The highest BCUT2D eigenvalue weighted by atomic mass is 15.1. The minimum atomic E-state index is 0.367. The van der Waals surface area contributed by atoms with E-state index >= 15 is 0 Å². The Bertz CT molecular complexity index is 556. The van der Waals surface area contributed by atoms with Gasteiger partial charge in [0, 0.05) is 24.2 Å².